The highest BCUT2D eigenvalue weighted by Gasteiger charge is 2.27. The lowest BCUT2D eigenvalue weighted by molar-refractivity contribution is 0.0612. The van der Waals surface area contributed by atoms with Gasteiger partial charge in [0.2, 0.25) is 0 Å². The number of nitrogens with zero attached hydrogens (tertiary/aromatic N) is 1. The van der Waals surface area contributed by atoms with Gasteiger partial charge in [0.25, 0.3) is 5.91 Å². The first-order valence-corrected chi connectivity index (χ1v) is 6.44. The maximum atomic E-state index is 13.8. The molecule has 0 aromatic heterocycles. The fourth-order valence-corrected chi connectivity index (χ4v) is 1.93. The third-order valence-corrected chi connectivity index (χ3v) is 3.02. The summed E-state index contributed by atoms with van der Waals surface area (Å²) in [5.74, 6) is -0.847. The number of hydrogen-bond donors (Lipinski definition) is 0. The molecule has 18 heavy (non-hydrogen) atoms. The quantitative estimate of drug-likeness (QED) is 0.772. The van der Waals surface area contributed by atoms with Crippen molar-refractivity contribution in [1.29, 1.82) is 0 Å². The molecule has 0 radical (unpaired) electrons. The van der Waals surface area contributed by atoms with Crippen molar-refractivity contribution in [2.24, 2.45) is 0 Å². The lowest BCUT2D eigenvalue weighted by atomic mass is 10.0. The van der Waals surface area contributed by atoms with Gasteiger partial charge in [-0.1, -0.05) is 22.0 Å². The van der Waals surface area contributed by atoms with Crippen LogP contribution in [-0.4, -0.2) is 22.9 Å². The minimum Gasteiger partial charge on any atom is -0.330 e. The van der Waals surface area contributed by atoms with Crippen molar-refractivity contribution < 1.29 is 9.18 Å². The zero-order valence-electron chi connectivity index (χ0n) is 10.8. The number of halogens is 2. The molecule has 1 amide bonds. The third-order valence-electron chi connectivity index (χ3n) is 2.53. The van der Waals surface area contributed by atoms with E-state index >= 15 is 0 Å². The molecule has 2 nitrogen and oxygen atoms in total. The largest absolute Gasteiger partial charge is 0.330 e. The Morgan fingerprint density at radius 2 is 2.11 bits per heavy atom. The summed E-state index contributed by atoms with van der Waals surface area (Å²) >= 11 is 3.17. The van der Waals surface area contributed by atoms with Gasteiger partial charge in [-0.2, -0.15) is 0 Å². The van der Waals surface area contributed by atoms with Gasteiger partial charge in [0, 0.05) is 16.6 Å². The zero-order chi connectivity index (χ0) is 13.9. The average Bonchev–Trinajstić information content (AvgIpc) is 2.23. The SMILES string of the molecule is C=CCN(C(=O)c1ccc(Br)cc1F)C(C)(C)C. The second-order valence-corrected chi connectivity index (χ2v) is 5.92. The molecule has 0 saturated heterocycles. The highest BCUT2D eigenvalue weighted by atomic mass is 79.9. The Labute approximate surface area is 116 Å². The van der Waals surface area contributed by atoms with E-state index in [9.17, 15) is 9.18 Å². The number of carbonyl (C=O) groups is 1. The highest BCUT2D eigenvalue weighted by Crippen LogP contribution is 2.21. The summed E-state index contributed by atoms with van der Waals surface area (Å²) in [6, 6.07) is 4.44. The van der Waals surface area contributed by atoms with E-state index in [1.807, 2.05) is 20.8 Å². The molecule has 0 saturated carbocycles. The second kappa shape index (κ2) is 5.65. The van der Waals surface area contributed by atoms with E-state index in [-0.39, 0.29) is 17.0 Å². The number of rotatable bonds is 3. The minimum absolute atomic E-state index is 0.0787. The Hall–Kier alpha value is -1.16. The Bertz CT molecular complexity index is 465. The fraction of sp³-hybridized carbons (Fsp3) is 0.357. The lowest BCUT2D eigenvalue weighted by Gasteiger charge is -2.35. The fourth-order valence-electron chi connectivity index (χ4n) is 1.60. The summed E-state index contributed by atoms with van der Waals surface area (Å²) in [7, 11) is 0. The van der Waals surface area contributed by atoms with Gasteiger partial charge in [0.15, 0.2) is 0 Å². The van der Waals surface area contributed by atoms with Crippen LogP contribution in [0.1, 0.15) is 31.1 Å². The van der Waals surface area contributed by atoms with Gasteiger partial charge in [-0.05, 0) is 39.0 Å². The predicted molar refractivity (Wildman–Crippen MR) is 75.1 cm³/mol. The molecular weight excluding hydrogens is 297 g/mol. The van der Waals surface area contributed by atoms with Gasteiger partial charge in [-0.3, -0.25) is 4.79 Å². The van der Waals surface area contributed by atoms with Crippen LogP contribution in [0.25, 0.3) is 0 Å². The molecule has 0 spiro atoms. The molecule has 0 fully saturated rings. The van der Waals surface area contributed by atoms with Crippen LogP contribution >= 0.6 is 15.9 Å². The maximum absolute atomic E-state index is 13.8. The van der Waals surface area contributed by atoms with Crippen molar-refractivity contribution in [3.63, 3.8) is 0 Å². The van der Waals surface area contributed by atoms with E-state index in [2.05, 4.69) is 22.5 Å². The van der Waals surface area contributed by atoms with E-state index in [1.165, 1.54) is 12.1 Å². The van der Waals surface area contributed by atoms with Crippen LogP contribution in [0.2, 0.25) is 0 Å². The summed E-state index contributed by atoms with van der Waals surface area (Å²) in [4.78, 5) is 13.9. The van der Waals surface area contributed by atoms with Crippen LogP contribution in [0.3, 0.4) is 0 Å². The lowest BCUT2D eigenvalue weighted by Crippen LogP contribution is -2.45. The van der Waals surface area contributed by atoms with E-state index in [0.717, 1.165) is 0 Å². The van der Waals surface area contributed by atoms with E-state index in [1.54, 1.807) is 17.0 Å². The second-order valence-electron chi connectivity index (χ2n) is 5.00. The topological polar surface area (TPSA) is 20.3 Å². The molecule has 0 aliphatic rings. The van der Waals surface area contributed by atoms with Gasteiger partial charge in [0.1, 0.15) is 5.82 Å². The van der Waals surface area contributed by atoms with Crippen LogP contribution < -0.4 is 0 Å². The summed E-state index contributed by atoms with van der Waals surface area (Å²) in [6.45, 7) is 9.74. The van der Waals surface area contributed by atoms with Crippen molar-refractivity contribution >= 4 is 21.8 Å². The highest BCUT2D eigenvalue weighted by molar-refractivity contribution is 9.10. The number of hydrogen-bond acceptors (Lipinski definition) is 1. The van der Waals surface area contributed by atoms with Gasteiger partial charge < -0.3 is 4.90 Å². The summed E-state index contributed by atoms with van der Waals surface area (Å²) in [5.41, 5.74) is -0.305. The molecule has 1 rings (SSSR count). The van der Waals surface area contributed by atoms with Crippen molar-refractivity contribution in [3.8, 4) is 0 Å². The molecule has 0 heterocycles. The van der Waals surface area contributed by atoms with E-state index in [0.29, 0.717) is 11.0 Å². The molecule has 0 bridgehead atoms. The Morgan fingerprint density at radius 1 is 1.50 bits per heavy atom. The molecule has 1 aromatic rings. The van der Waals surface area contributed by atoms with Gasteiger partial charge in [-0.15, -0.1) is 6.58 Å². The minimum atomic E-state index is -0.521. The van der Waals surface area contributed by atoms with Crippen molar-refractivity contribution in [2.75, 3.05) is 6.54 Å². The standard InChI is InChI=1S/C14H17BrFNO/c1-5-8-17(14(2,3)4)13(18)11-7-6-10(15)9-12(11)16/h5-7,9H,1,8H2,2-4H3. The molecular formula is C14H17BrFNO. The van der Waals surface area contributed by atoms with Crippen molar-refractivity contribution in [3.05, 3.63) is 46.7 Å². The zero-order valence-corrected chi connectivity index (χ0v) is 12.4. The smallest absolute Gasteiger partial charge is 0.257 e. The molecule has 4 heteroatoms. The Morgan fingerprint density at radius 3 is 2.56 bits per heavy atom. The van der Waals surface area contributed by atoms with Crippen LogP contribution in [0.5, 0.6) is 0 Å². The van der Waals surface area contributed by atoms with Gasteiger partial charge in [-0.25, -0.2) is 4.39 Å². The first kappa shape index (κ1) is 14.9. The maximum Gasteiger partial charge on any atom is 0.257 e. The van der Waals surface area contributed by atoms with Crippen LogP contribution in [0.15, 0.2) is 35.3 Å². The van der Waals surface area contributed by atoms with Crippen LogP contribution in [0.4, 0.5) is 4.39 Å². The predicted octanol–water partition coefficient (Wildman–Crippen LogP) is 4.01. The number of amides is 1. The van der Waals surface area contributed by atoms with Gasteiger partial charge in [0.05, 0.1) is 5.56 Å². The molecule has 0 unspecified atom stereocenters. The molecule has 0 N–H and O–H groups in total. The van der Waals surface area contributed by atoms with Crippen LogP contribution in [-0.2, 0) is 0 Å². The molecule has 98 valence electrons. The normalized spacial score (nSPS) is 11.2. The Kier molecular flexibility index (Phi) is 4.68. The summed E-state index contributed by atoms with van der Waals surface area (Å²) < 4.78 is 14.4. The molecule has 1 aromatic carbocycles. The Balaban J connectivity index is 3.14. The molecule has 0 aliphatic carbocycles. The summed E-state index contributed by atoms with van der Waals surface area (Å²) in [5, 5.41) is 0. The van der Waals surface area contributed by atoms with E-state index in [4.69, 9.17) is 0 Å². The molecule has 0 aliphatic heterocycles. The monoisotopic (exact) mass is 313 g/mol. The molecule has 0 atom stereocenters. The number of benzene rings is 1. The average molecular weight is 314 g/mol. The van der Waals surface area contributed by atoms with Crippen molar-refractivity contribution in [1.82, 2.24) is 4.90 Å². The summed E-state index contributed by atoms with van der Waals surface area (Å²) in [6.07, 6.45) is 1.64. The number of carbonyl (C=O) groups excluding carboxylic acids is 1. The first-order valence-electron chi connectivity index (χ1n) is 5.65. The third kappa shape index (κ3) is 3.42. The van der Waals surface area contributed by atoms with Crippen molar-refractivity contribution in [2.45, 2.75) is 26.3 Å². The van der Waals surface area contributed by atoms with Gasteiger partial charge >= 0.3 is 0 Å². The first-order chi connectivity index (χ1) is 8.27. The van der Waals surface area contributed by atoms with Crippen LogP contribution in [0, 0.1) is 5.82 Å². The van der Waals surface area contributed by atoms with E-state index < -0.39 is 5.82 Å².